The van der Waals surface area contributed by atoms with Gasteiger partial charge in [-0.2, -0.15) is 0 Å². The summed E-state index contributed by atoms with van der Waals surface area (Å²) in [5, 5.41) is 0. The lowest BCUT2D eigenvalue weighted by atomic mass is 10.1. The first kappa shape index (κ1) is 26.0. The molecule has 0 amide bonds. The lowest BCUT2D eigenvalue weighted by Crippen LogP contribution is -1.90. The van der Waals surface area contributed by atoms with Gasteiger partial charge in [0.05, 0.1) is 28.4 Å². The van der Waals surface area contributed by atoms with E-state index >= 15 is 0 Å². The summed E-state index contributed by atoms with van der Waals surface area (Å²) in [5.74, 6) is 2.96. The number of hydrogen-bond acceptors (Lipinski definition) is 5. The van der Waals surface area contributed by atoms with Crippen LogP contribution in [-0.2, 0) is 0 Å². The van der Waals surface area contributed by atoms with Gasteiger partial charge in [-0.1, -0.05) is 72.4 Å². The minimum atomic E-state index is 0.741. The Bertz CT molecular complexity index is 1230. The molecule has 0 saturated heterocycles. The number of thioether (sulfide) groups is 1. The van der Waals surface area contributed by atoms with Crippen molar-refractivity contribution in [2.45, 2.75) is 0 Å². The first-order chi connectivity index (χ1) is 18.1. The number of benzene rings is 4. The molecule has 0 aliphatic carbocycles. The Morgan fingerprint density at radius 3 is 1.11 bits per heavy atom. The number of hydrogen-bond donors (Lipinski definition) is 0. The van der Waals surface area contributed by atoms with Gasteiger partial charge in [0.25, 0.3) is 0 Å². The maximum Gasteiger partial charge on any atom is 0.123 e. The van der Waals surface area contributed by atoms with Crippen LogP contribution in [0.15, 0.2) is 97.1 Å². The summed E-state index contributed by atoms with van der Waals surface area (Å²) in [6.07, 6.45) is 4.32. The van der Waals surface area contributed by atoms with E-state index in [1.165, 1.54) is 0 Å². The van der Waals surface area contributed by atoms with Crippen LogP contribution in [-0.4, -0.2) is 28.4 Å². The Kier molecular flexibility index (Phi) is 8.95. The largest absolute Gasteiger partial charge is 0.497 e. The van der Waals surface area contributed by atoms with Crippen molar-refractivity contribution < 1.29 is 18.9 Å². The van der Waals surface area contributed by atoms with Crippen LogP contribution in [0.2, 0.25) is 0 Å². The minimum Gasteiger partial charge on any atom is -0.497 e. The number of methoxy groups -OCH3 is 4. The van der Waals surface area contributed by atoms with Gasteiger partial charge in [-0.05, 0) is 58.7 Å². The molecule has 4 nitrogen and oxygen atoms in total. The van der Waals surface area contributed by atoms with E-state index in [1.807, 2.05) is 48.5 Å². The maximum absolute atomic E-state index is 5.51. The second kappa shape index (κ2) is 12.7. The van der Waals surface area contributed by atoms with Crippen molar-refractivity contribution in [1.29, 1.82) is 0 Å². The molecule has 0 fully saturated rings. The van der Waals surface area contributed by atoms with Crippen LogP contribution < -0.4 is 18.9 Å². The fourth-order valence-corrected chi connectivity index (χ4v) is 4.93. The fourth-order valence-electron chi connectivity index (χ4n) is 3.80. The second-order valence-electron chi connectivity index (χ2n) is 8.14. The summed E-state index contributed by atoms with van der Waals surface area (Å²) >= 11 is 1.70. The van der Waals surface area contributed by atoms with E-state index in [-0.39, 0.29) is 0 Å². The van der Waals surface area contributed by atoms with Gasteiger partial charge in [0.1, 0.15) is 23.0 Å². The third kappa shape index (κ3) is 6.99. The molecule has 0 unspecified atom stereocenters. The zero-order valence-corrected chi connectivity index (χ0v) is 22.3. The molecule has 4 aromatic rings. The number of ether oxygens (including phenoxy) is 4. The van der Waals surface area contributed by atoms with Crippen LogP contribution in [0.5, 0.6) is 23.0 Å². The van der Waals surface area contributed by atoms with Crippen molar-refractivity contribution in [3.63, 3.8) is 0 Å². The average molecular weight is 511 g/mol. The molecule has 37 heavy (non-hydrogen) atoms. The van der Waals surface area contributed by atoms with E-state index in [9.17, 15) is 0 Å². The molecule has 0 bridgehead atoms. The van der Waals surface area contributed by atoms with E-state index in [4.69, 9.17) is 18.9 Å². The third-order valence-corrected chi connectivity index (χ3v) is 6.83. The van der Waals surface area contributed by atoms with Crippen LogP contribution >= 0.6 is 11.8 Å². The molecule has 0 atom stereocenters. The molecule has 0 spiro atoms. The smallest absolute Gasteiger partial charge is 0.123 e. The van der Waals surface area contributed by atoms with Gasteiger partial charge in [0.15, 0.2) is 0 Å². The molecule has 4 aromatic carbocycles. The zero-order chi connectivity index (χ0) is 26.0. The summed E-state index contributed by atoms with van der Waals surface area (Å²) in [7, 11) is 6.64. The van der Waals surface area contributed by atoms with Gasteiger partial charge in [-0.25, -0.2) is 0 Å². The molecule has 0 N–H and O–H groups in total. The number of rotatable bonds is 10. The Balaban J connectivity index is 1.85. The molecule has 0 radical (unpaired) electrons. The van der Waals surface area contributed by atoms with E-state index in [0.717, 1.165) is 55.1 Å². The van der Waals surface area contributed by atoms with Crippen LogP contribution in [0.1, 0.15) is 22.3 Å². The van der Waals surface area contributed by atoms with Crippen molar-refractivity contribution in [2.75, 3.05) is 28.4 Å². The molecule has 0 aliphatic rings. The SMILES string of the molecule is COc1cc(/C=C(/S/C(=C/c2cc(OC)cc(OC)c2)c2ccccc2)c2ccccc2)cc(OC)c1. The van der Waals surface area contributed by atoms with Crippen molar-refractivity contribution in [3.8, 4) is 23.0 Å². The quantitative estimate of drug-likeness (QED) is 0.201. The highest BCUT2D eigenvalue weighted by Gasteiger charge is 2.12. The van der Waals surface area contributed by atoms with Crippen LogP contribution in [0.3, 0.4) is 0 Å². The first-order valence-electron chi connectivity index (χ1n) is 11.8. The zero-order valence-electron chi connectivity index (χ0n) is 21.4. The predicted octanol–water partition coefficient (Wildman–Crippen LogP) is 8.15. The molecular weight excluding hydrogens is 480 g/mol. The Hall–Kier alpha value is -4.09. The van der Waals surface area contributed by atoms with E-state index in [0.29, 0.717) is 0 Å². The molecule has 0 aliphatic heterocycles. The minimum absolute atomic E-state index is 0.741. The fraction of sp³-hybridized carbons (Fsp3) is 0.125. The molecule has 0 saturated carbocycles. The predicted molar refractivity (Wildman–Crippen MR) is 155 cm³/mol. The summed E-state index contributed by atoms with van der Waals surface area (Å²) < 4.78 is 22.0. The molecule has 4 rings (SSSR count). The summed E-state index contributed by atoms with van der Waals surface area (Å²) in [4.78, 5) is 2.17. The highest BCUT2D eigenvalue weighted by molar-refractivity contribution is 8.16. The van der Waals surface area contributed by atoms with Crippen molar-refractivity contribution in [1.82, 2.24) is 0 Å². The van der Waals surface area contributed by atoms with Crippen molar-refractivity contribution >= 4 is 33.7 Å². The van der Waals surface area contributed by atoms with Crippen LogP contribution in [0.25, 0.3) is 22.0 Å². The topological polar surface area (TPSA) is 36.9 Å². The second-order valence-corrected chi connectivity index (χ2v) is 9.23. The molecule has 0 aromatic heterocycles. The summed E-state index contributed by atoms with van der Waals surface area (Å²) in [5.41, 5.74) is 4.19. The monoisotopic (exact) mass is 510 g/mol. The molecular formula is C32H30O4S. The Morgan fingerprint density at radius 2 is 0.811 bits per heavy atom. The lowest BCUT2D eigenvalue weighted by molar-refractivity contribution is 0.394. The maximum atomic E-state index is 5.51. The van der Waals surface area contributed by atoms with E-state index in [1.54, 1.807) is 40.2 Å². The molecule has 188 valence electrons. The van der Waals surface area contributed by atoms with Crippen molar-refractivity contribution in [3.05, 3.63) is 119 Å². The van der Waals surface area contributed by atoms with Gasteiger partial charge in [-0.3, -0.25) is 0 Å². The lowest BCUT2D eigenvalue weighted by Gasteiger charge is -2.14. The van der Waals surface area contributed by atoms with Gasteiger partial charge >= 0.3 is 0 Å². The molecule has 5 heteroatoms. The standard InChI is InChI=1S/C32H30O4S/c1-33-27-15-23(16-28(21-27)34-2)19-31(25-11-7-5-8-12-25)37-32(26-13-9-6-10-14-26)20-24-17-29(35-3)22-30(18-24)36-4/h5-22H,1-4H3/b31-19+,32-20+. The first-order valence-corrected chi connectivity index (χ1v) is 12.6. The normalized spacial score (nSPS) is 11.7. The molecule has 0 heterocycles. The van der Waals surface area contributed by atoms with Crippen LogP contribution in [0, 0.1) is 0 Å². The average Bonchev–Trinajstić information content (AvgIpc) is 2.96. The highest BCUT2D eigenvalue weighted by atomic mass is 32.2. The van der Waals surface area contributed by atoms with E-state index in [2.05, 4.69) is 60.7 Å². The van der Waals surface area contributed by atoms with Gasteiger partial charge in [-0.15, -0.1) is 0 Å². The van der Waals surface area contributed by atoms with Gasteiger partial charge < -0.3 is 18.9 Å². The third-order valence-electron chi connectivity index (χ3n) is 5.68. The van der Waals surface area contributed by atoms with Gasteiger partial charge in [0.2, 0.25) is 0 Å². The summed E-state index contributed by atoms with van der Waals surface area (Å²) in [6.45, 7) is 0. The summed E-state index contributed by atoms with van der Waals surface area (Å²) in [6, 6.07) is 32.5. The van der Waals surface area contributed by atoms with E-state index < -0.39 is 0 Å². The Labute approximate surface area is 223 Å². The van der Waals surface area contributed by atoms with Crippen molar-refractivity contribution in [2.24, 2.45) is 0 Å². The van der Waals surface area contributed by atoms with Gasteiger partial charge in [0, 0.05) is 21.9 Å². The highest BCUT2D eigenvalue weighted by Crippen LogP contribution is 2.42. The Morgan fingerprint density at radius 1 is 0.486 bits per heavy atom. The van der Waals surface area contributed by atoms with Crippen LogP contribution in [0.4, 0.5) is 0 Å².